The molecule has 0 fully saturated rings. The number of nitrogens with zero attached hydrogens (tertiary/aromatic N) is 3. The molecule has 3 aromatic rings. The van der Waals surface area contributed by atoms with Crippen LogP contribution in [-0.2, 0) is 11.3 Å². The molecule has 0 aliphatic carbocycles. The molecule has 0 saturated carbocycles. The smallest absolute Gasteiger partial charge is 0.341 e. The molecule has 0 spiro atoms. The number of carbonyl (C=O) groups is 1. The van der Waals surface area contributed by atoms with E-state index in [0.29, 0.717) is 22.8 Å². The van der Waals surface area contributed by atoms with Crippen LogP contribution in [0.4, 0.5) is 4.39 Å². The maximum absolute atomic E-state index is 12.8. The van der Waals surface area contributed by atoms with Gasteiger partial charge in [0, 0.05) is 6.20 Å². The number of benzene rings is 1. The van der Waals surface area contributed by atoms with Gasteiger partial charge in [-0.05, 0) is 36.4 Å². The van der Waals surface area contributed by atoms with E-state index in [-0.39, 0.29) is 12.4 Å². The van der Waals surface area contributed by atoms with Crippen molar-refractivity contribution in [3.63, 3.8) is 0 Å². The Bertz CT molecular complexity index is 815. The molecule has 6 nitrogen and oxygen atoms in total. The maximum Gasteiger partial charge on any atom is 0.341 e. The number of hydrogen-bond acceptors (Lipinski definition) is 5. The summed E-state index contributed by atoms with van der Waals surface area (Å²) in [6, 6.07) is 8.94. The van der Waals surface area contributed by atoms with E-state index in [2.05, 4.69) is 10.1 Å². The molecule has 0 amide bonds. The number of esters is 1. The number of ether oxygens (including phenoxy) is 2. The van der Waals surface area contributed by atoms with Crippen molar-refractivity contribution in [1.29, 1.82) is 0 Å². The number of methoxy groups -OCH3 is 1. The fourth-order valence-corrected chi connectivity index (χ4v) is 1.96. The van der Waals surface area contributed by atoms with Gasteiger partial charge in [-0.15, -0.1) is 5.10 Å². The first-order chi connectivity index (χ1) is 10.7. The molecule has 1 aromatic carbocycles. The second-order valence-corrected chi connectivity index (χ2v) is 4.45. The summed E-state index contributed by atoms with van der Waals surface area (Å²) in [4.78, 5) is 15.9. The molecule has 0 atom stereocenters. The van der Waals surface area contributed by atoms with Gasteiger partial charge in [0.2, 0.25) is 0 Å². The minimum Gasteiger partial charge on any atom is -0.486 e. The molecule has 3 rings (SSSR count). The van der Waals surface area contributed by atoms with Crippen LogP contribution >= 0.6 is 0 Å². The lowest BCUT2D eigenvalue weighted by Crippen LogP contribution is -2.04. The van der Waals surface area contributed by atoms with Crippen molar-refractivity contribution in [3.8, 4) is 5.75 Å². The molecule has 0 aliphatic rings. The molecule has 2 aromatic heterocycles. The standard InChI is InChI=1S/C15H12FN3O3/c1-21-15(20)12-3-2-8-19-14(12)17-13(18-19)9-22-11-6-4-10(16)5-7-11/h2-8H,9H2,1H3. The van der Waals surface area contributed by atoms with E-state index in [1.54, 1.807) is 18.3 Å². The average molecular weight is 301 g/mol. The summed E-state index contributed by atoms with van der Waals surface area (Å²) in [7, 11) is 1.31. The van der Waals surface area contributed by atoms with E-state index in [9.17, 15) is 9.18 Å². The highest BCUT2D eigenvalue weighted by atomic mass is 19.1. The van der Waals surface area contributed by atoms with Crippen LogP contribution in [0.25, 0.3) is 5.65 Å². The van der Waals surface area contributed by atoms with Crippen molar-refractivity contribution in [2.45, 2.75) is 6.61 Å². The first kappa shape index (κ1) is 14.0. The van der Waals surface area contributed by atoms with E-state index in [0.717, 1.165) is 0 Å². The van der Waals surface area contributed by atoms with Gasteiger partial charge in [0.25, 0.3) is 0 Å². The fourth-order valence-electron chi connectivity index (χ4n) is 1.96. The number of fused-ring (bicyclic) bond motifs is 1. The highest BCUT2D eigenvalue weighted by Crippen LogP contribution is 2.14. The molecule has 0 bridgehead atoms. The summed E-state index contributed by atoms with van der Waals surface area (Å²) in [5, 5.41) is 4.22. The number of aromatic nitrogens is 3. The maximum atomic E-state index is 12.8. The number of rotatable bonds is 4. The van der Waals surface area contributed by atoms with Crippen molar-refractivity contribution in [1.82, 2.24) is 14.6 Å². The van der Waals surface area contributed by atoms with E-state index in [4.69, 9.17) is 9.47 Å². The summed E-state index contributed by atoms with van der Waals surface area (Å²) >= 11 is 0. The van der Waals surface area contributed by atoms with Crippen molar-refractivity contribution in [2.24, 2.45) is 0 Å². The normalized spacial score (nSPS) is 10.6. The van der Waals surface area contributed by atoms with Crippen molar-refractivity contribution >= 4 is 11.6 Å². The lowest BCUT2D eigenvalue weighted by atomic mass is 10.3. The predicted molar refractivity (Wildman–Crippen MR) is 75.1 cm³/mol. The topological polar surface area (TPSA) is 65.7 Å². The van der Waals surface area contributed by atoms with Crippen LogP contribution in [0.5, 0.6) is 5.75 Å². The van der Waals surface area contributed by atoms with Gasteiger partial charge in [-0.1, -0.05) is 0 Å². The zero-order chi connectivity index (χ0) is 15.5. The van der Waals surface area contributed by atoms with Gasteiger partial charge in [-0.2, -0.15) is 0 Å². The highest BCUT2D eigenvalue weighted by molar-refractivity contribution is 5.95. The second-order valence-electron chi connectivity index (χ2n) is 4.45. The van der Waals surface area contributed by atoms with Crippen LogP contribution in [0.15, 0.2) is 42.6 Å². The van der Waals surface area contributed by atoms with Crippen molar-refractivity contribution in [3.05, 3.63) is 59.8 Å². The lowest BCUT2D eigenvalue weighted by molar-refractivity contribution is 0.0602. The van der Waals surface area contributed by atoms with Gasteiger partial charge in [0.05, 0.1) is 7.11 Å². The Kier molecular flexibility index (Phi) is 3.69. The fraction of sp³-hybridized carbons (Fsp3) is 0.133. The molecule has 0 aliphatic heterocycles. The average Bonchev–Trinajstić information content (AvgIpc) is 2.96. The van der Waals surface area contributed by atoms with Crippen LogP contribution in [0.2, 0.25) is 0 Å². The quantitative estimate of drug-likeness (QED) is 0.691. The number of halogens is 1. The monoisotopic (exact) mass is 301 g/mol. The molecular formula is C15H12FN3O3. The van der Waals surface area contributed by atoms with Crippen LogP contribution in [0.1, 0.15) is 16.2 Å². The van der Waals surface area contributed by atoms with E-state index < -0.39 is 5.97 Å². The number of carbonyl (C=O) groups excluding carboxylic acids is 1. The highest BCUT2D eigenvalue weighted by Gasteiger charge is 2.14. The van der Waals surface area contributed by atoms with Gasteiger partial charge < -0.3 is 9.47 Å². The molecular weight excluding hydrogens is 289 g/mol. The largest absolute Gasteiger partial charge is 0.486 e. The molecule has 0 N–H and O–H groups in total. The van der Waals surface area contributed by atoms with E-state index >= 15 is 0 Å². The molecule has 7 heteroatoms. The first-order valence-corrected chi connectivity index (χ1v) is 6.48. The third kappa shape index (κ3) is 2.73. The van der Waals surface area contributed by atoms with Gasteiger partial charge in [-0.3, -0.25) is 0 Å². The molecule has 2 heterocycles. The minimum absolute atomic E-state index is 0.105. The van der Waals surface area contributed by atoms with Crippen LogP contribution < -0.4 is 4.74 Å². The summed E-state index contributed by atoms with van der Waals surface area (Å²) < 4.78 is 24.5. The molecule has 0 radical (unpaired) electrons. The molecule has 112 valence electrons. The third-order valence-electron chi connectivity index (χ3n) is 2.99. The van der Waals surface area contributed by atoms with Crippen molar-refractivity contribution < 1.29 is 18.7 Å². The van der Waals surface area contributed by atoms with Crippen molar-refractivity contribution in [2.75, 3.05) is 7.11 Å². The Morgan fingerprint density at radius 1 is 1.27 bits per heavy atom. The zero-order valence-electron chi connectivity index (χ0n) is 11.7. The third-order valence-corrected chi connectivity index (χ3v) is 2.99. The SMILES string of the molecule is COC(=O)c1cccn2nc(COc3ccc(F)cc3)nc12. The molecule has 22 heavy (non-hydrogen) atoms. The van der Waals surface area contributed by atoms with Gasteiger partial charge >= 0.3 is 5.97 Å². The van der Waals surface area contributed by atoms with Crippen LogP contribution in [0, 0.1) is 5.82 Å². The Labute approximate surface area is 125 Å². The van der Waals surface area contributed by atoms with Crippen LogP contribution in [0.3, 0.4) is 0 Å². The predicted octanol–water partition coefficient (Wildman–Crippen LogP) is 2.23. The Balaban J connectivity index is 1.83. The summed E-state index contributed by atoms with van der Waals surface area (Å²) in [5.41, 5.74) is 0.720. The number of pyridine rings is 1. The van der Waals surface area contributed by atoms with Crippen LogP contribution in [-0.4, -0.2) is 27.7 Å². The van der Waals surface area contributed by atoms with Gasteiger partial charge in [0.1, 0.15) is 23.7 Å². The number of hydrogen-bond donors (Lipinski definition) is 0. The summed E-state index contributed by atoms with van der Waals surface area (Å²) in [6.45, 7) is 0.105. The van der Waals surface area contributed by atoms with E-state index in [1.165, 1.54) is 35.9 Å². The van der Waals surface area contributed by atoms with Gasteiger partial charge in [-0.25, -0.2) is 18.7 Å². The van der Waals surface area contributed by atoms with E-state index in [1.807, 2.05) is 0 Å². The second kappa shape index (κ2) is 5.80. The first-order valence-electron chi connectivity index (χ1n) is 6.48. The lowest BCUT2D eigenvalue weighted by Gasteiger charge is -2.02. The zero-order valence-corrected chi connectivity index (χ0v) is 11.7. The summed E-state index contributed by atoms with van der Waals surface area (Å²) in [5.74, 6) is 0.0963. The Morgan fingerprint density at radius 3 is 2.77 bits per heavy atom. The molecule has 0 unspecified atom stereocenters. The summed E-state index contributed by atoms with van der Waals surface area (Å²) in [6.07, 6.45) is 1.68. The minimum atomic E-state index is -0.482. The molecule has 0 saturated heterocycles. The Hall–Kier alpha value is -2.96. The Morgan fingerprint density at radius 2 is 2.05 bits per heavy atom. The van der Waals surface area contributed by atoms with Gasteiger partial charge in [0.15, 0.2) is 11.5 Å².